The highest BCUT2D eigenvalue weighted by Crippen LogP contribution is 2.78. The highest BCUT2D eigenvalue weighted by atomic mass is 14.8. The fraction of sp³-hybridized carbons (Fsp3) is 0.714. The normalized spacial score (nSPS) is 41.1. The van der Waals surface area contributed by atoms with Gasteiger partial charge in [0.15, 0.2) is 10.8 Å². The summed E-state index contributed by atoms with van der Waals surface area (Å²) in [6.07, 6.45) is 3.71. The molecule has 3 unspecified atom stereocenters. The van der Waals surface area contributed by atoms with Crippen molar-refractivity contribution in [1.82, 2.24) is 0 Å². The van der Waals surface area contributed by atoms with Crippen molar-refractivity contribution in [3.63, 3.8) is 0 Å². The molecule has 0 radical (unpaired) electrons. The van der Waals surface area contributed by atoms with E-state index in [-0.39, 0.29) is 5.92 Å². The van der Waals surface area contributed by atoms with E-state index < -0.39 is 16.2 Å². The van der Waals surface area contributed by atoms with Crippen LogP contribution in [0.4, 0.5) is 0 Å². The third-order valence-corrected chi connectivity index (χ3v) is 5.70. The van der Waals surface area contributed by atoms with E-state index in [1.54, 1.807) is 0 Å². The Bertz CT molecular complexity index is 551. The Morgan fingerprint density at radius 2 is 1.39 bits per heavy atom. The fourth-order valence-electron chi connectivity index (χ4n) is 4.96. The van der Waals surface area contributed by atoms with Gasteiger partial charge in [-0.05, 0) is 43.9 Å². The predicted octanol–water partition coefficient (Wildman–Crippen LogP) is 2.26. The van der Waals surface area contributed by atoms with Gasteiger partial charge < -0.3 is 0 Å². The van der Waals surface area contributed by atoms with E-state index in [0.29, 0.717) is 25.2 Å². The minimum absolute atomic E-state index is 0.212. The van der Waals surface area contributed by atoms with E-state index in [1.165, 1.54) is 0 Å². The van der Waals surface area contributed by atoms with Gasteiger partial charge in [-0.2, -0.15) is 21.0 Å². The fourth-order valence-corrected chi connectivity index (χ4v) is 4.96. The average molecular weight is 236 g/mol. The molecule has 1 spiro atoms. The van der Waals surface area contributed by atoms with Crippen molar-refractivity contribution in [3.05, 3.63) is 0 Å². The van der Waals surface area contributed by atoms with Crippen LogP contribution in [-0.4, -0.2) is 0 Å². The molecule has 88 valence electrons. The smallest absolute Gasteiger partial charge is 0.152 e. The molecule has 0 N–H and O–H groups in total. The Labute approximate surface area is 106 Å². The molecule has 4 saturated carbocycles. The quantitative estimate of drug-likeness (QED) is 0.644. The molecule has 0 aromatic heterocycles. The van der Waals surface area contributed by atoms with Crippen LogP contribution in [0.25, 0.3) is 0 Å². The molecule has 4 nitrogen and oxygen atoms in total. The Kier molecular flexibility index (Phi) is 1.87. The highest BCUT2D eigenvalue weighted by molar-refractivity contribution is 5.42. The van der Waals surface area contributed by atoms with Gasteiger partial charge in [-0.15, -0.1) is 0 Å². The monoisotopic (exact) mass is 236 g/mol. The van der Waals surface area contributed by atoms with Gasteiger partial charge in [-0.3, -0.25) is 0 Å². The second-order valence-corrected chi connectivity index (χ2v) is 5.97. The van der Waals surface area contributed by atoms with Gasteiger partial charge in [0.2, 0.25) is 0 Å². The van der Waals surface area contributed by atoms with Gasteiger partial charge in [0.25, 0.3) is 0 Å². The molecule has 4 aliphatic carbocycles. The second-order valence-electron chi connectivity index (χ2n) is 5.97. The topological polar surface area (TPSA) is 95.2 Å². The first-order valence-corrected chi connectivity index (χ1v) is 6.29. The van der Waals surface area contributed by atoms with E-state index in [0.717, 1.165) is 12.8 Å². The molecule has 0 heterocycles. The summed E-state index contributed by atoms with van der Waals surface area (Å²) in [5, 5.41) is 37.9. The summed E-state index contributed by atoms with van der Waals surface area (Å²) in [7, 11) is 0. The molecule has 4 aliphatic rings. The van der Waals surface area contributed by atoms with Crippen LogP contribution in [-0.2, 0) is 0 Å². The van der Waals surface area contributed by atoms with E-state index in [4.69, 9.17) is 0 Å². The van der Waals surface area contributed by atoms with Gasteiger partial charge in [0, 0.05) is 5.41 Å². The third kappa shape index (κ3) is 0.805. The zero-order valence-corrected chi connectivity index (χ0v) is 9.98. The minimum atomic E-state index is -1.12. The first kappa shape index (κ1) is 11.1. The molecule has 4 heteroatoms. The summed E-state index contributed by atoms with van der Waals surface area (Å²) >= 11 is 0. The van der Waals surface area contributed by atoms with Gasteiger partial charge in [-0.25, -0.2) is 0 Å². The van der Waals surface area contributed by atoms with Crippen LogP contribution in [0.15, 0.2) is 0 Å². The Morgan fingerprint density at radius 1 is 0.833 bits per heavy atom. The maximum atomic E-state index is 9.51. The molecule has 18 heavy (non-hydrogen) atoms. The van der Waals surface area contributed by atoms with Crippen molar-refractivity contribution in [2.24, 2.45) is 28.1 Å². The number of rotatable bonds is 0. The first-order valence-electron chi connectivity index (χ1n) is 6.29. The van der Waals surface area contributed by atoms with Crippen LogP contribution in [0, 0.1) is 73.4 Å². The van der Waals surface area contributed by atoms with Gasteiger partial charge in [0.1, 0.15) is 0 Å². The molecule has 0 amide bonds. The van der Waals surface area contributed by atoms with E-state index in [2.05, 4.69) is 24.3 Å². The zero-order chi connectivity index (χ0) is 13.0. The number of hydrogen-bond donors (Lipinski definition) is 0. The van der Waals surface area contributed by atoms with Crippen LogP contribution >= 0.6 is 0 Å². The Hall–Kier alpha value is -2.04. The Balaban J connectivity index is 2.23. The van der Waals surface area contributed by atoms with Crippen molar-refractivity contribution in [2.45, 2.75) is 32.1 Å². The predicted molar refractivity (Wildman–Crippen MR) is 59.8 cm³/mol. The Morgan fingerprint density at radius 3 is 1.89 bits per heavy atom. The summed E-state index contributed by atoms with van der Waals surface area (Å²) in [5.74, 6) is 0.634. The third-order valence-electron chi connectivity index (χ3n) is 5.70. The van der Waals surface area contributed by atoms with Crippen molar-refractivity contribution in [1.29, 1.82) is 21.0 Å². The lowest BCUT2D eigenvalue weighted by atomic mass is 9.29. The lowest BCUT2D eigenvalue weighted by Crippen LogP contribution is -2.70. The van der Waals surface area contributed by atoms with Crippen molar-refractivity contribution >= 4 is 0 Å². The average Bonchev–Trinajstić information content (AvgIpc) is 2.42. The summed E-state index contributed by atoms with van der Waals surface area (Å²) in [6, 6.07) is 8.64. The van der Waals surface area contributed by atoms with Crippen molar-refractivity contribution < 1.29 is 0 Å². The lowest BCUT2D eigenvalue weighted by Gasteiger charge is -2.69. The molecule has 4 rings (SSSR count). The van der Waals surface area contributed by atoms with Crippen LogP contribution in [0.5, 0.6) is 0 Å². The number of nitrogens with zero attached hydrogens (tertiary/aromatic N) is 4. The summed E-state index contributed by atoms with van der Waals surface area (Å²) < 4.78 is 0. The standard InChI is InChI=1S/C14H12N4/c15-6-12(7-16)4-10-1-2-14(12)11(3-10)5-13(14,8-17)9-18/h10-11H,1-5H2. The molecule has 0 aromatic carbocycles. The molecule has 0 aliphatic heterocycles. The number of nitriles is 4. The largest absolute Gasteiger partial charge is 0.197 e. The van der Waals surface area contributed by atoms with Gasteiger partial charge in [0.05, 0.1) is 24.3 Å². The van der Waals surface area contributed by atoms with Crippen LogP contribution in [0.2, 0.25) is 0 Å². The SMILES string of the molecule is N#CC1(C#N)CC2CCC13C(C2)CC3(C#N)C#N. The van der Waals surface area contributed by atoms with Crippen LogP contribution < -0.4 is 0 Å². The maximum absolute atomic E-state index is 9.51. The van der Waals surface area contributed by atoms with Crippen molar-refractivity contribution in [2.75, 3.05) is 0 Å². The molecular weight excluding hydrogens is 224 g/mol. The molecule has 3 atom stereocenters. The molecule has 0 aromatic rings. The summed E-state index contributed by atoms with van der Waals surface area (Å²) in [6.45, 7) is 0. The van der Waals surface area contributed by atoms with Gasteiger partial charge >= 0.3 is 0 Å². The molecule has 2 bridgehead atoms. The molecule has 4 fully saturated rings. The van der Waals surface area contributed by atoms with Gasteiger partial charge in [-0.1, -0.05) is 0 Å². The lowest BCUT2D eigenvalue weighted by molar-refractivity contribution is -0.207. The van der Waals surface area contributed by atoms with E-state index in [1.807, 2.05) is 0 Å². The minimum Gasteiger partial charge on any atom is -0.197 e. The van der Waals surface area contributed by atoms with Crippen molar-refractivity contribution in [3.8, 4) is 24.3 Å². The maximum Gasteiger partial charge on any atom is 0.152 e. The van der Waals surface area contributed by atoms with E-state index in [9.17, 15) is 21.0 Å². The summed E-state index contributed by atoms with van der Waals surface area (Å²) in [4.78, 5) is 0. The molecular formula is C14H12N4. The highest BCUT2D eigenvalue weighted by Gasteiger charge is 2.79. The number of fused-ring (bicyclic) bond motifs is 2. The van der Waals surface area contributed by atoms with E-state index >= 15 is 0 Å². The zero-order valence-electron chi connectivity index (χ0n) is 9.98. The van der Waals surface area contributed by atoms with Crippen LogP contribution in [0.1, 0.15) is 32.1 Å². The number of hydrogen-bond acceptors (Lipinski definition) is 4. The first-order chi connectivity index (χ1) is 8.63. The summed E-state index contributed by atoms with van der Waals surface area (Å²) in [5.41, 5.74) is -2.93. The second kappa shape index (κ2) is 3.04. The molecule has 0 saturated heterocycles. The van der Waals surface area contributed by atoms with Crippen LogP contribution in [0.3, 0.4) is 0 Å².